The van der Waals surface area contributed by atoms with Crippen LogP contribution < -0.4 is 4.90 Å². The third kappa shape index (κ3) is 4.11. The molecule has 2 aromatic heterocycles. The molecule has 2 bridgehead atoms. The van der Waals surface area contributed by atoms with E-state index in [1.165, 1.54) is 17.4 Å². The number of carbonyl (C=O) groups is 1. The van der Waals surface area contributed by atoms with Crippen molar-refractivity contribution in [2.75, 3.05) is 18.0 Å². The van der Waals surface area contributed by atoms with Gasteiger partial charge in [-0.25, -0.2) is 18.6 Å². The average Bonchev–Trinajstić information content (AvgIpc) is 3.49. The lowest BCUT2D eigenvalue weighted by Crippen LogP contribution is -2.56. The molecule has 1 aromatic carbocycles. The Morgan fingerprint density at radius 3 is 2.56 bits per heavy atom. The number of rotatable bonds is 4. The predicted molar refractivity (Wildman–Crippen MR) is 123 cm³/mol. The van der Waals surface area contributed by atoms with E-state index in [1.807, 2.05) is 31.1 Å². The van der Waals surface area contributed by atoms with E-state index in [1.54, 1.807) is 17.2 Å². The molecule has 0 saturated carbocycles. The van der Waals surface area contributed by atoms with Gasteiger partial charge in [0.2, 0.25) is 0 Å². The zero-order valence-electron chi connectivity index (χ0n) is 19.1. The largest absolute Gasteiger partial charge is 0.444 e. The van der Waals surface area contributed by atoms with Crippen LogP contribution in [0.2, 0.25) is 0 Å². The molecule has 2 aliphatic heterocycles. The molecule has 2 saturated heterocycles. The van der Waals surface area contributed by atoms with Crippen LogP contribution in [0, 0.1) is 0 Å². The molecule has 1 amide bonds. The zero-order chi connectivity index (χ0) is 24.2. The number of fused-ring (bicyclic) bond motifs is 3. The number of alkyl halides is 2. The number of aliphatic hydroxyl groups excluding tert-OH is 1. The third-order valence-corrected chi connectivity index (χ3v) is 6.95. The van der Waals surface area contributed by atoms with E-state index in [9.17, 15) is 18.7 Å². The Kier molecular flexibility index (Phi) is 5.71. The van der Waals surface area contributed by atoms with Crippen LogP contribution in [-0.2, 0) is 4.74 Å². The maximum absolute atomic E-state index is 13.3. The molecule has 3 aromatic rings. The van der Waals surface area contributed by atoms with Crippen molar-refractivity contribution in [1.29, 1.82) is 0 Å². The minimum atomic E-state index is -2.96. The molecule has 2 fully saturated rings. The molecule has 182 valence electrons. The van der Waals surface area contributed by atoms with Crippen molar-refractivity contribution in [2.45, 2.75) is 63.8 Å². The van der Waals surface area contributed by atoms with E-state index in [0.29, 0.717) is 29.2 Å². The molecule has 2 aliphatic rings. The van der Waals surface area contributed by atoms with Crippen molar-refractivity contribution in [2.24, 2.45) is 0 Å². The van der Waals surface area contributed by atoms with Crippen LogP contribution >= 0.6 is 11.3 Å². The van der Waals surface area contributed by atoms with Gasteiger partial charge < -0.3 is 19.2 Å². The number of aromatic nitrogens is 2. The van der Waals surface area contributed by atoms with E-state index >= 15 is 0 Å². The summed E-state index contributed by atoms with van der Waals surface area (Å²) in [5.41, 5.74) is 0.559. The van der Waals surface area contributed by atoms with Crippen LogP contribution in [0.4, 0.5) is 19.6 Å². The van der Waals surface area contributed by atoms with Gasteiger partial charge in [0.25, 0.3) is 12.4 Å². The highest BCUT2D eigenvalue weighted by atomic mass is 32.1. The van der Waals surface area contributed by atoms with E-state index in [4.69, 9.17) is 9.15 Å². The van der Waals surface area contributed by atoms with Crippen LogP contribution in [0.15, 0.2) is 28.1 Å². The van der Waals surface area contributed by atoms with Gasteiger partial charge in [-0.15, -0.1) is 11.3 Å². The Morgan fingerprint density at radius 1 is 1.26 bits per heavy atom. The molecule has 3 unspecified atom stereocenters. The number of thiazole rings is 1. The highest BCUT2D eigenvalue weighted by Crippen LogP contribution is 2.40. The summed E-state index contributed by atoms with van der Waals surface area (Å²) in [4.78, 5) is 25.4. The van der Waals surface area contributed by atoms with Gasteiger partial charge in [-0.05, 0) is 39.7 Å². The number of nitrogens with zero attached hydrogens (tertiary/aromatic N) is 4. The minimum absolute atomic E-state index is 0.00988. The van der Waals surface area contributed by atoms with Gasteiger partial charge in [0.1, 0.15) is 22.2 Å². The second kappa shape index (κ2) is 8.46. The molecular formula is C23H26F2N4O4S. The summed E-state index contributed by atoms with van der Waals surface area (Å²) in [5, 5.41) is 12.6. The Labute approximate surface area is 199 Å². The SMILES string of the molecule is CC(C)(C)OC(=O)N1C2CCC1CN(c1nc3c(C(O)C(F)F)ccc(-c4nccs4)c3o1)C2. The topological polar surface area (TPSA) is 91.9 Å². The number of benzene rings is 1. The molecule has 0 radical (unpaired) electrons. The summed E-state index contributed by atoms with van der Waals surface area (Å²) in [5.74, 6) is 0. The number of piperazine rings is 1. The Bertz CT molecular complexity index is 1180. The first kappa shape index (κ1) is 23.0. The number of hydrogen-bond donors (Lipinski definition) is 1. The normalized spacial score (nSPS) is 21.5. The number of oxazole rings is 1. The molecular weight excluding hydrogens is 466 g/mol. The van der Waals surface area contributed by atoms with Crippen LogP contribution in [0.5, 0.6) is 0 Å². The van der Waals surface area contributed by atoms with Gasteiger partial charge in [0.15, 0.2) is 5.58 Å². The van der Waals surface area contributed by atoms with Gasteiger partial charge in [0, 0.05) is 30.2 Å². The molecule has 34 heavy (non-hydrogen) atoms. The molecule has 4 heterocycles. The Morgan fingerprint density at radius 2 is 1.97 bits per heavy atom. The van der Waals surface area contributed by atoms with Gasteiger partial charge in [-0.2, -0.15) is 4.98 Å². The number of anilines is 1. The standard InChI is InChI=1S/C23H26F2N4O4S/c1-23(2,3)33-22(31)29-12-4-5-13(29)11-28(10-12)21-27-16-14(17(30)19(24)25)6-7-15(18(16)32-21)20-26-8-9-34-20/h6-9,12-13,17,19,30H,4-5,10-11H2,1-3H3. The summed E-state index contributed by atoms with van der Waals surface area (Å²) in [7, 11) is 0. The highest BCUT2D eigenvalue weighted by Gasteiger charge is 2.45. The molecule has 0 spiro atoms. The van der Waals surface area contributed by atoms with E-state index < -0.39 is 18.1 Å². The van der Waals surface area contributed by atoms with Crippen LogP contribution in [0.3, 0.4) is 0 Å². The number of carbonyl (C=O) groups excluding carboxylic acids is 1. The molecule has 1 N–H and O–H groups in total. The fourth-order valence-electron chi connectivity index (χ4n) is 4.72. The van der Waals surface area contributed by atoms with E-state index in [-0.39, 0.29) is 35.3 Å². The van der Waals surface area contributed by atoms with Crippen molar-refractivity contribution >= 4 is 34.5 Å². The van der Waals surface area contributed by atoms with Crippen molar-refractivity contribution in [3.63, 3.8) is 0 Å². The predicted octanol–water partition coefficient (Wildman–Crippen LogP) is 4.84. The van der Waals surface area contributed by atoms with E-state index in [0.717, 1.165) is 12.8 Å². The number of amides is 1. The van der Waals surface area contributed by atoms with Crippen LogP contribution in [-0.4, -0.2) is 63.3 Å². The first-order chi connectivity index (χ1) is 16.1. The third-order valence-electron chi connectivity index (χ3n) is 6.14. The number of aliphatic hydroxyl groups is 1. The van der Waals surface area contributed by atoms with Crippen molar-refractivity contribution < 1.29 is 27.8 Å². The first-order valence-electron chi connectivity index (χ1n) is 11.2. The second-order valence-electron chi connectivity index (χ2n) is 9.67. The summed E-state index contributed by atoms with van der Waals surface area (Å²) < 4.78 is 38.4. The highest BCUT2D eigenvalue weighted by molar-refractivity contribution is 7.13. The molecule has 5 rings (SSSR count). The van der Waals surface area contributed by atoms with Gasteiger partial charge >= 0.3 is 6.09 Å². The first-order valence-corrected chi connectivity index (χ1v) is 12.1. The number of ether oxygens (including phenoxy) is 1. The molecule has 11 heteroatoms. The quantitative estimate of drug-likeness (QED) is 0.557. The lowest BCUT2D eigenvalue weighted by Gasteiger charge is -2.40. The maximum atomic E-state index is 13.3. The molecule has 8 nitrogen and oxygen atoms in total. The molecule has 3 atom stereocenters. The smallest absolute Gasteiger partial charge is 0.410 e. The van der Waals surface area contributed by atoms with Crippen LogP contribution in [0.1, 0.15) is 45.3 Å². The van der Waals surface area contributed by atoms with Crippen molar-refractivity contribution in [3.8, 4) is 10.6 Å². The minimum Gasteiger partial charge on any atom is -0.444 e. The van der Waals surface area contributed by atoms with Crippen LogP contribution in [0.25, 0.3) is 21.7 Å². The van der Waals surface area contributed by atoms with Crippen molar-refractivity contribution in [1.82, 2.24) is 14.9 Å². The van der Waals surface area contributed by atoms with Gasteiger partial charge in [-0.3, -0.25) is 4.90 Å². The Balaban J connectivity index is 1.49. The number of hydrogen-bond acceptors (Lipinski definition) is 8. The summed E-state index contributed by atoms with van der Waals surface area (Å²) in [6.45, 7) is 6.50. The zero-order valence-corrected chi connectivity index (χ0v) is 19.9. The fraction of sp³-hybridized carbons (Fsp3) is 0.522. The maximum Gasteiger partial charge on any atom is 0.410 e. The Hall–Kier alpha value is -2.79. The lowest BCUT2D eigenvalue weighted by molar-refractivity contribution is -0.00503. The van der Waals surface area contributed by atoms with Gasteiger partial charge in [-0.1, -0.05) is 6.07 Å². The fourth-order valence-corrected chi connectivity index (χ4v) is 5.38. The molecule has 0 aliphatic carbocycles. The second-order valence-corrected chi connectivity index (χ2v) is 10.6. The van der Waals surface area contributed by atoms with E-state index in [2.05, 4.69) is 9.97 Å². The monoisotopic (exact) mass is 492 g/mol. The average molecular weight is 493 g/mol. The van der Waals surface area contributed by atoms with Gasteiger partial charge in [0.05, 0.1) is 17.6 Å². The number of halogens is 2. The van der Waals surface area contributed by atoms with Crippen molar-refractivity contribution in [3.05, 3.63) is 29.3 Å². The lowest BCUT2D eigenvalue weighted by atomic mass is 10.0. The summed E-state index contributed by atoms with van der Waals surface area (Å²) in [6, 6.07) is 3.23. The summed E-state index contributed by atoms with van der Waals surface area (Å²) >= 11 is 1.39. The summed E-state index contributed by atoms with van der Waals surface area (Å²) in [6.07, 6.45) is -1.95.